The molecule has 0 aliphatic rings. The van der Waals surface area contributed by atoms with Gasteiger partial charge in [-0.15, -0.1) is 0 Å². The molecule has 1 aromatic rings. The van der Waals surface area contributed by atoms with Crippen molar-refractivity contribution in [2.75, 3.05) is 19.0 Å². The Kier molecular flexibility index (Phi) is 8.11. The van der Waals surface area contributed by atoms with E-state index >= 15 is 0 Å². The van der Waals surface area contributed by atoms with Crippen molar-refractivity contribution in [2.24, 2.45) is 0 Å². The molecule has 1 aromatic carbocycles. The molecule has 0 fully saturated rings. The number of rotatable bonds is 10. The topological polar surface area (TPSA) is 20.3 Å². The molecule has 1 rings (SSSR count). The Hall–Kier alpha value is -1.31. The van der Waals surface area contributed by atoms with Crippen LogP contribution in [-0.4, -0.2) is 19.9 Å². The van der Waals surface area contributed by atoms with E-state index in [9.17, 15) is 4.79 Å². The molecule has 0 amide bonds. The SMILES string of the molecule is CCCCC(=O)CC(CCCC)c1ccc(N(C)C)cc1. The summed E-state index contributed by atoms with van der Waals surface area (Å²) in [7, 11) is 4.11. The molecule has 0 spiro atoms. The van der Waals surface area contributed by atoms with E-state index in [0.29, 0.717) is 18.1 Å². The Labute approximate surface area is 130 Å². The predicted molar refractivity (Wildman–Crippen MR) is 92.2 cm³/mol. The molecule has 0 N–H and O–H groups in total. The van der Waals surface area contributed by atoms with Crippen LogP contribution in [0.3, 0.4) is 0 Å². The Morgan fingerprint density at radius 2 is 1.67 bits per heavy atom. The largest absolute Gasteiger partial charge is 0.378 e. The highest BCUT2D eigenvalue weighted by Gasteiger charge is 2.15. The quantitative estimate of drug-likeness (QED) is 0.592. The molecule has 118 valence electrons. The van der Waals surface area contributed by atoms with Crippen LogP contribution in [0.15, 0.2) is 24.3 Å². The normalized spacial score (nSPS) is 12.2. The number of carbonyl (C=O) groups excluding carboxylic acids is 1. The van der Waals surface area contributed by atoms with Crippen molar-refractivity contribution < 1.29 is 4.79 Å². The Bertz CT molecular complexity index is 408. The zero-order chi connectivity index (χ0) is 15.7. The van der Waals surface area contributed by atoms with Crippen LogP contribution in [0.25, 0.3) is 0 Å². The van der Waals surface area contributed by atoms with Gasteiger partial charge in [0.2, 0.25) is 0 Å². The zero-order valence-corrected chi connectivity index (χ0v) is 14.2. The molecule has 0 radical (unpaired) electrons. The molecule has 1 unspecified atom stereocenters. The van der Waals surface area contributed by atoms with Crippen LogP contribution in [0.4, 0.5) is 5.69 Å². The zero-order valence-electron chi connectivity index (χ0n) is 14.2. The summed E-state index contributed by atoms with van der Waals surface area (Å²) >= 11 is 0. The maximum absolute atomic E-state index is 12.1. The first-order valence-corrected chi connectivity index (χ1v) is 8.37. The molecular weight excluding hydrogens is 258 g/mol. The summed E-state index contributed by atoms with van der Waals surface area (Å²) < 4.78 is 0. The van der Waals surface area contributed by atoms with E-state index in [0.717, 1.165) is 25.7 Å². The minimum Gasteiger partial charge on any atom is -0.378 e. The molecule has 1 atom stereocenters. The molecule has 0 heterocycles. The number of nitrogens with zero attached hydrogens (tertiary/aromatic N) is 1. The lowest BCUT2D eigenvalue weighted by Crippen LogP contribution is -2.10. The Morgan fingerprint density at radius 3 is 2.19 bits per heavy atom. The second-order valence-corrected chi connectivity index (χ2v) is 6.17. The monoisotopic (exact) mass is 289 g/mol. The van der Waals surface area contributed by atoms with Gasteiger partial charge in [0.05, 0.1) is 0 Å². The second-order valence-electron chi connectivity index (χ2n) is 6.17. The van der Waals surface area contributed by atoms with Crippen molar-refractivity contribution in [3.63, 3.8) is 0 Å². The van der Waals surface area contributed by atoms with Gasteiger partial charge in [-0.1, -0.05) is 45.2 Å². The van der Waals surface area contributed by atoms with E-state index in [1.54, 1.807) is 0 Å². The number of unbranched alkanes of at least 4 members (excludes halogenated alkanes) is 2. The standard InChI is InChI=1S/C19H31NO/c1-5-7-9-17(15-19(21)10-8-6-2)16-11-13-18(14-12-16)20(3)4/h11-14,17H,5-10,15H2,1-4H3. The van der Waals surface area contributed by atoms with Crippen LogP contribution in [0.5, 0.6) is 0 Å². The van der Waals surface area contributed by atoms with Gasteiger partial charge >= 0.3 is 0 Å². The molecule has 0 aliphatic heterocycles. The van der Waals surface area contributed by atoms with Crippen LogP contribution in [0, 0.1) is 0 Å². The highest BCUT2D eigenvalue weighted by Crippen LogP contribution is 2.28. The number of ketones is 1. The highest BCUT2D eigenvalue weighted by atomic mass is 16.1. The van der Waals surface area contributed by atoms with Crippen LogP contribution < -0.4 is 4.90 Å². The van der Waals surface area contributed by atoms with E-state index in [1.807, 2.05) is 0 Å². The van der Waals surface area contributed by atoms with E-state index in [-0.39, 0.29) is 0 Å². The number of Topliss-reactive ketones (excluding diaryl/α,β-unsaturated/α-hetero) is 1. The molecule has 0 saturated heterocycles. The lowest BCUT2D eigenvalue weighted by atomic mass is 9.88. The fourth-order valence-electron chi connectivity index (χ4n) is 2.63. The minimum atomic E-state index is 0.394. The van der Waals surface area contributed by atoms with Gasteiger partial charge in [-0.3, -0.25) is 4.79 Å². The number of hydrogen-bond acceptors (Lipinski definition) is 2. The van der Waals surface area contributed by atoms with Crippen LogP contribution in [0.1, 0.15) is 70.3 Å². The minimum absolute atomic E-state index is 0.394. The summed E-state index contributed by atoms with van der Waals surface area (Å²) in [4.78, 5) is 14.2. The average Bonchev–Trinajstić information content (AvgIpc) is 2.49. The first-order valence-electron chi connectivity index (χ1n) is 8.37. The lowest BCUT2D eigenvalue weighted by Gasteiger charge is -2.18. The number of anilines is 1. The van der Waals surface area contributed by atoms with Gasteiger partial charge in [0, 0.05) is 32.6 Å². The van der Waals surface area contributed by atoms with Gasteiger partial charge in [0.15, 0.2) is 0 Å². The number of carbonyl (C=O) groups is 1. The first kappa shape index (κ1) is 17.7. The van der Waals surface area contributed by atoms with Gasteiger partial charge in [-0.05, 0) is 36.5 Å². The van der Waals surface area contributed by atoms with Crippen molar-refractivity contribution in [1.29, 1.82) is 0 Å². The molecule has 0 aliphatic carbocycles. The van der Waals surface area contributed by atoms with Crippen molar-refractivity contribution in [3.8, 4) is 0 Å². The lowest BCUT2D eigenvalue weighted by molar-refractivity contribution is -0.119. The third kappa shape index (κ3) is 6.33. The molecule has 0 saturated carbocycles. The van der Waals surface area contributed by atoms with Crippen molar-refractivity contribution >= 4 is 11.5 Å². The third-order valence-corrected chi connectivity index (χ3v) is 4.07. The molecule has 2 heteroatoms. The van der Waals surface area contributed by atoms with E-state index < -0.39 is 0 Å². The van der Waals surface area contributed by atoms with E-state index in [4.69, 9.17) is 0 Å². The predicted octanol–water partition coefficient (Wildman–Crippen LogP) is 5.18. The summed E-state index contributed by atoms with van der Waals surface area (Å²) in [5, 5.41) is 0. The maximum Gasteiger partial charge on any atom is 0.133 e. The molecule has 0 bridgehead atoms. The number of hydrogen-bond donors (Lipinski definition) is 0. The van der Waals surface area contributed by atoms with Gasteiger partial charge in [-0.2, -0.15) is 0 Å². The summed E-state index contributed by atoms with van der Waals surface area (Å²) in [5.41, 5.74) is 2.53. The molecule has 21 heavy (non-hydrogen) atoms. The second kappa shape index (κ2) is 9.59. The Balaban J connectivity index is 2.73. The summed E-state index contributed by atoms with van der Waals surface area (Å²) in [6.45, 7) is 4.35. The van der Waals surface area contributed by atoms with Gasteiger partial charge < -0.3 is 4.90 Å². The fourth-order valence-corrected chi connectivity index (χ4v) is 2.63. The molecule has 2 nitrogen and oxygen atoms in total. The molecule has 0 aromatic heterocycles. The summed E-state index contributed by atoms with van der Waals surface area (Å²) in [5.74, 6) is 0.820. The number of benzene rings is 1. The summed E-state index contributed by atoms with van der Waals surface area (Å²) in [6.07, 6.45) is 7.09. The molecular formula is C19H31NO. The van der Waals surface area contributed by atoms with Crippen molar-refractivity contribution in [2.45, 2.75) is 64.7 Å². The highest BCUT2D eigenvalue weighted by molar-refractivity contribution is 5.79. The van der Waals surface area contributed by atoms with Crippen LogP contribution in [0.2, 0.25) is 0 Å². The van der Waals surface area contributed by atoms with Crippen molar-refractivity contribution in [1.82, 2.24) is 0 Å². The summed E-state index contributed by atoms with van der Waals surface area (Å²) in [6, 6.07) is 8.71. The smallest absolute Gasteiger partial charge is 0.133 e. The fraction of sp³-hybridized carbons (Fsp3) is 0.632. The average molecular weight is 289 g/mol. The van der Waals surface area contributed by atoms with Crippen LogP contribution in [-0.2, 0) is 4.79 Å². The van der Waals surface area contributed by atoms with Gasteiger partial charge in [0.1, 0.15) is 5.78 Å². The van der Waals surface area contributed by atoms with E-state index in [1.165, 1.54) is 24.1 Å². The van der Waals surface area contributed by atoms with Gasteiger partial charge in [-0.25, -0.2) is 0 Å². The Morgan fingerprint density at radius 1 is 1.05 bits per heavy atom. The van der Waals surface area contributed by atoms with Gasteiger partial charge in [0.25, 0.3) is 0 Å². The van der Waals surface area contributed by atoms with Crippen LogP contribution >= 0.6 is 0 Å². The third-order valence-electron chi connectivity index (χ3n) is 4.07. The van der Waals surface area contributed by atoms with E-state index in [2.05, 4.69) is 57.1 Å². The van der Waals surface area contributed by atoms with Crippen molar-refractivity contribution in [3.05, 3.63) is 29.8 Å². The first-order chi connectivity index (χ1) is 10.1. The maximum atomic E-state index is 12.1.